The molecule has 0 spiro atoms. The van der Waals surface area contributed by atoms with Crippen LogP contribution in [0.1, 0.15) is 24.6 Å². The van der Waals surface area contributed by atoms with Crippen molar-refractivity contribution < 1.29 is 9.53 Å². The number of carbonyl (C=O) groups excluding carboxylic acids is 1. The summed E-state index contributed by atoms with van der Waals surface area (Å²) < 4.78 is 5.12. The van der Waals surface area contributed by atoms with Crippen molar-refractivity contribution in [2.24, 2.45) is 0 Å². The van der Waals surface area contributed by atoms with Crippen molar-refractivity contribution in [3.63, 3.8) is 0 Å². The average molecular weight is 320 g/mol. The number of benzene rings is 1. The Kier molecular flexibility index (Phi) is 4.88. The molecule has 3 N–H and O–H groups in total. The highest BCUT2D eigenvalue weighted by atomic mass is 35.5. The minimum Gasteiger partial charge on any atom is -0.425 e. The monoisotopic (exact) mass is 319 g/mol. The molecule has 0 bridgehead atoms. The van der Waals surface area contributed by atoms with E-state index in [1.165, 1.54) is 0 Å². The van der Waals surface area contributed by atoms with Crippen LogP contribution in [-0.4, -0.2) is 11.0 Å². The van der Waals surface area contributed by atoms with E-state index in [1.54, 1.807) is 25.1 Å². The fourth-order valence-corrected chi connectivity index (χ4v) is 2.15. The Morgan fingerprint density at radius 2 is 2.09 bits per heavy atom. The van der Waals surface area contributed by atoms with E-state index in [4.69, 9.17) is 22.1 Å². The lowest BCUT2D eigenvalue weighted by Gasteiger charge is -2.13. The van der Waals surface area contributed by atoms with Gasteiger partial charge in [0.2, 0.25) is 0 Å². The Morgan fingerprint density at radius 3 is 2.73 bits per heavy atom. The van der Waals surface area contributed by atoms with Crippen LogP contribution in [0.15, 0.2) is 24.3 Å². The summed E-state index contributed by atoms with van der Waals surface area (Å²) in [4.78, 5) is 15.7. The first-order valence-corrected chi connectivity index (χ1v) is 7.29. The standard InChI is InChI=1S/C16H18ClN3O2/c1-4-14(21)22-13-6-5-11(8-12(13)17)20-16-15(18)9(2)7-10(3)19-16/h5-8H,4,18H2,1-3H3,(H,19,20). The number of aromatic nitrogens is 1. The second-order valence-corrected chi connectivity index (χ2v) is 5.35. The maximum atomic E-state index is 11.3. The number of halogens is 1. The summed E-state index contributed by atoms with van der Waals surface area (Å²) >= 11 is 6.13. The normalized spacial score (nSPS) is 10.4. The highest BCUT2D eigenvalue weighted by molar-refractivity contribution is 6.32. The van der Waals surface area contributed by atoms with Gasteiger partial charge in [0.15, 0.2) is 5.82 Å². The van der Waals surface area contributed by atoms with E-state index in [2.05, 4.69) is 10.3 Å². The molecule has 0 aliphatic carbocycles. The first-order valence-electron chi connectivity index (χ1n) is 6.91. The Balaban J connectivity index is 2.25. The van der Waals surface area contributed by atoms with Crippen molar-refractivity contribution in [1.82, 2.24) is 4.98 Å². The third-order valence-corrected chi connectivity index (χ3v) is 3.40. The molecule has 0 radical (unpaired) electrons. The predicted molar refractivity (Wildman–Crippen MR) is 88.8 cm³/mol. The first-order chi connectivity index (χ1) is 10.4. The number of nitrogens with zero attached hydrogens (tertiary/aromatic N) is 1. The largest absolute Gasteiger partial charge is 0.425 e. The molecule has 6 heteroatoms. The van der Waals surface area contributed by atoms with Gasteiger partial charge in [0.1, 0.15) is 5.75 Å². The number of carbonyl (C=O) groups is 1. The minimum absolute atomic E-state index is 0.291. The lowest BCUT2D eigenvalue weighted by Crippen LogP contribution is -2.06. The van der Waals surface area contributed by atoms with Crippen molar-refractivity contribution in [2.45, 2.75) is 27.2 Å². The molecule has 116 valence electrons. The summed E-state index contributed by atoms with van der Waals surface area (Å²) in [6.45, 7) is 5.55. The molecule has 0 aliphatic rings. The van der Waals surface area contributed by atoms with E-state index in [1.807, 2.05) is 19.9 Å². The summed E-state index contributed by atoms with van der Waals surface area (Å²) in [6.07, 6.45) is 0.291. The van der Waals surface area contributed by atoms with E-state index in [-0.39, 0.29) is 5.97 Å². The van der Waals surface area contributed by atoms with Crippen molar-refractivity contribution in [3.05, 3.63) is 40.5 Å². The Bertz CT molecular complexity index is 717. The molecule has 1 heterocycles. The highest BCUT2D eigenvalue weighted by Crippen LogP contribution is 2.31. The quantitative estimate of drug-likeness (QED) is 0.658. The minimum atomic E-state index is -0.331. The molecule has 2 aromatic rings. The molecule has 5 nitrogen and oxygen atoms in total. The molecule has 1 aromatic carbocycles. The van der Waals surface area contributed by atoms with E-state index < -0.39 is 0 Å². The second-order valence-electron chi connectivity index (χ2n) is 4.94. The molecule has 22 heavy (non-hydrogen) atoms. The first kappa shape index (κ1) is 16.1. The van der Waals surface area contributed by atoms with Gasteiger partial charge in [-0.2, -0.15) is 0 Å². The molecule has 0 saturated carbocycles. The Hall–Kier alpha value is -2.27. The zero-order chi connectivity index (χ0) is 16.3. The van der Waals surface area contributed by atoms with Gasteiger partial charge in [0.25, 0.3) is 0 Å². The van der Waals surface area contributed by atoms with E-state index in [9.17, 15) is 4.79 Å². The second kappa shape index (κ2) is 6.66. The summed E-state index contributed by atoms with van der Waals surface area (Å²) in [5, 5.41) is 3.47. The number of aryl methyl sites for hydroxylation is 2. The molecular formula is C16H18ClN3O2. The third-order valence-electron chi connectivity index (χ3n) is 3.10. The van der Waals surface area contributed by atoms with Crippen LogP contribution in [0.3, 0.4) is 0 Å². The molecular weight excluding hydrogens is 302 g/mol. The number of rotatable bonds is 4. The number of nitrogens with one attached hydrogen (secondary N) is 1. The molecule has 0 atom stereocenters. The van der Waals surface area contributed by atoms with E-state index in [0.717, 1.165) is 11.3 Å². The lowest BCUT2D eigenvalue weighted by molar-refractivity contribution is -0.134. The lowest BCUT2D eigenvalue weighted by atomic mass is 10.2. The molecule has 0 saturated heterocycles. The number of hydrogen-bond donors (Lipinski definition) is 2. The van der Waals surface area contributed by atoms with Crippen molar-refractivity contribution in [2.75, 3.05) is 11.1 Å². The maximum absolute atomic E-state index is 11.3. The number of esters is 1. The summed E-state index contributed by atoms with van der Waals surface area (Å²) in [5.74, 6) is 0.579. The number of ether oxygens (including phenoxy) is 1. The van der Waals surface area contributed by atoms with Gasteiger partial charge >= 0.3 is 5.97 Å². The van der Waals surface area contributed by atoms with Crippen LogP contribution in [0.2, 0.25) is 5.02 Å². The smallest absolute Gasteiger partial charge is 0.310 e. The van der Waals surface area contributed by atoms with Crippen molar-refractivity contribution in [3.8, 4) is 5.75 Å². The van der Waals surface area contributed by atoms with Crippen LogP contribution in [0.25, 0.3) is 0 Å². The van der Waals surface area contributed by atoms with Crippen molar-refractivity contribution in [1.29, 1.82) is 0 Å². The number of hydrogen-bond acceptors (Lipinski definition) is 5. The molecule has 0 unspecified atom stereocenters. The third kappa shape index (κ3) is 3.68. The van der Waals surface area contributed by atoms with Gasteiger partial charge in [-0.1, -0.05) is 18.5 Å². The topological polar surface area (TPSA) is 77.2 Å². The van der Waals surface area contributed by atoms with Crippen LogP contribution in [-0.2, 0) is 4.79 Å². The Labute approximate surface area is 134 Å². The summed E-state index contributed by atoms with van der Waals surface area (Å²) in [6, 6.07) is 6.97. The number of anilines is 3. The fourth-order valence-electron chi connectivity index (χ4n) is 1.93. The van der Waals surface area contributed by atoms with Crippen LogP contribution in [0.5, 0.6) is 5.75 Å². The van der Waals surface area contributed by atoms with Crippen LogP contribution in [0, 0.1) is 13.8 Å². The molecule has 2 rings (SSSR count). The van der Waals surface area contributed by atoms with Crippen molar-refractivity contribution >= 4 is 34.8 Å². The molecule has 1 aromatic heterocycles. The highest BCUT2D eigenvalue weighted by Gasteiger charge is 2.10. The zero-order valence-corrected chi connectivity index (χ0v) is 13.5. The van der Waals surface area contributed by atoms with Gasteiger partial charge in [0.05, 0.1) is 10.7 Å². The van der Waals surface area contributed by atoms with Gasteiger partial charge in [-0.3, -0.25) is 4.79 Å². The summed E-state index contributed by atoms with van der Waals surface area (Å²) in [5.41, 5.74) is 9.15. The van der Waals surface area contributed by atoms with Crippen LogP contribution < -0.4 is 15.8 Å². The predicted octanol–water partition coefficient (Wildman–Crippen LogP) is 3.99. The molecule has 0 amide bonds. The summed E-state index contributed by atoms with van der Waals surface area (Å²) in [7, 11) is 0. The van der Waals surface area contributed by atoms with E-state index >= 15 is 0 Å². The zero-order valence-electron chi connectivity index (χ0n) is 12.7. The van der Waals surface area contributed by atoms with Gasteiger partial charge < -0.3 is 15.8 Å². The number of nitrogens with two attached hydrogens (primary N) is 1. The van der Waals surface area contributed by atoms with Gasteiger partial charge in [-0.05, 0) is 43.7 Å². The van der Waals surface area contributed by atoms with Gasteiger partial charge in [0, 0.05) is 17.8 Å². The molecule has 0 fully saturated rings. The SMILES string of the molecule is CCC(=O)Oc1ccc(Nc2nc(C)cc(C)c2N)cc1Cl. The average Bonchev–Trinajstić information content (AvgIpc) is 2.47. The Morgan fingerprint density at radius 1 is 1.36 bits per heavy atom. The number of nitrogen functional groups attached to an aromatic ring is 1. The van der Waals surface area contributed by atoms with Gasteiger partial charge in [-0.25, -0.2) is 4.98 Å². The fraction of sp³-hybridized carbons (Fsp3) is 0.250. The maximum Gasteiger partial charge on any atom is 0.310 e. The van der Waals surface area contributed by atoms with Crippen LogP contribution >= 0.6 is 11.6 Å². The van der Waals surface area contributed by atoms with Crippen LogP contribution in [0.4, 0.5) is 17.2 Å². The molecule has 0 aliphatic heterocycles. The van der Waals surface area contributed by atoms with Gasteiger partial charge in [-0.15, -0.1) is 0 Å². The van der Waals surface area contributed by atoms with E-state index in [0.29, 0.717) is 34.4 Å². The number of pyridine rings is 1.